The van der Waals surface area contributed by atoms with E-state index in [0.717, 1.165) is 0 Å². The van der Waals surface area contributed by atoms with Crippen LogP contribution in [-0.4, -0.2) is 28.1 Å². The second-order valence-electron chi connectivity index (χ2n) is 4.61. The molecule has 5 nitrogen and oxygen atoms in total. The number of nitrogens with one attached hydrogen (secondary N) is 1. The molecule has 1 N–H and O–H groups in total. The average molecular weight is 319 g/mol. The van der Waals surface area contributed by atoms with E-state index in [4.69, 9.17) is 23.2 Å². The number of carbonyl (C=O) groups excluding carboxylic acids is 1. The number of nitro benzene ring substituents is 1. The van der Waals surface area contributed by atoms with Crippen molar-refractivity contribution in [2.45, 2.75) is 25.8 Å². The van der Waals surface area contributed by atoms with E-state index in [0.29, 0.717) is 12.0 Å². The van der Waals surface area contributed by atoms with E-state index >= 15 is 0 Å². The van der Waals surface area contributed by atoms with Crippen molar-refractivity contribution in [3.05, 3.63) is 39.4 Å². The first kappa shape index (κ1) is 16.7. The number of nitro groups is 1. The molecule has 110 valence electrons. The highest BCUT2D eigenvalue weighted by atomic mass is 35.5. The van der Waals surface area contributed by atoms with Crippen molar-refractivity contribution in [2.24, 2.45) is 0 Å². The Bertz CT molecular complexity index is 508. The first-order valence-electron chi connectivity index (χ1n) is 6.08. The second-order valence-corrected chi connectivity index (χ2v) is 5.15. The molecule has 0 fully saturated rings. The Morgan fingerprint density at radius 2 is 2.00 bits per heavy atom. The number of halogens is 2. The minimum Gasteiger partial charge on any atom is -0.344 e. The lowest BCUT2D eigenvalue weighted by Crippen LogP contribution is -2.51. The Morgan fingerprint density at radius 3 is 2.45 bits per heavy atom. The van der Waals surface area contributed by atoms with E-state index in [1.54, 1.807) is 13.0 Å². The van der Waals surface area contributed by atoms with E-state index in [2.05, 4.69) is 5.32 Å². The van der Waals surface area contributed by atoms with Gasteiger partial charge >= 0.3 is 0 Å². The van der Waals surface area contributed by atoms with Gasteiger partial charge in [0.15, 0.2) is 0 Å². The topological polar surface area (TPSA) is 72.2 Å². The first-order valence-corrected chi connectivity index (χ1v) is 7.15. The van der Waals surface area contributed by atoms with Gasteiger partial charge in [-0.1, -0.05) is 13.0 Å². The molecule has 7 heteroatoms. The van der Waals surface area contributed by atoms with Crippen LogP contribution in [0.1, 0.15) is 29.3 Å². The Labute approximate surface area is 127 Å². The van der Waals surface area contributed by atoms with E-state index in [9.17, 15) is 14.9 Å². The maximum Gasteiger partial charge on any atom is 0.270 e. The van der Waals surface area contributed by atoms with Gasteiger partial charge in [0, 0.05) is 29.5 Å². The van der Waals surface area contributed by atoms with Crippen molar-refractivity contribution >= 4 is 34.8 Å². The molecular formula is C13H16Cl2N2O3. The number of hydrogen-bond donors (Lipinski definition) is 1. The number of benzene rings is 1. The molecule has 0 bridgehead atoms. The molecule has 0 saturated carbocycles. The number of alkyl halides is 2. The van der Waals surface area contributed by atoms with Gasteiger partial charge in [0.25, 0.3) is 11.6 Å². The highest BCUT2D eigenvalue weighted by Crippen LogP contribution is 2.20. The summed E-state index contributed by atoms with van der Waals surface area (Å²) in [6.07, 6.45) is 0.569. The number of rotatable bonds is 6. The van der Waals surface area contributed by atoms with Crippen LogP contribution in [0.5, 0.6) is 0 Å². The molecule has 0 aliphatic carbocycles. The lowest BCUT2D eigenvalue weighted by molar-refractivity contribution is -0.384. The summed E-state index contributed by atoms with van der Waals surface area (Å²) in [5.41, 5.74) is 0.0751. The number of hydrogen-bond acceptors (Lipinski definition) is 3. The number of amides is 1. The number of nitrogens with zero attached hydrogens (tertiary/aromatic N) is 1. The third kappa shape index (κ3) is 3.61. The Hall–Kier alpha value is -1.33. The van der Waals surface area contributed by atoms with Gasteiger partial charge in [0.1, 0.15) is 0 Å². The highest BCUT2D eigenvalue weighted by Gasteiger charge is 2.29. The molecule has 0 saturated heterocycles. The van der Waals surface area contributed by atoms with Crippen molar-refractivity contribution < 1.29 is 9.72 Å². The molecule has 1 rings (SSSR count). The largest absolute Gasteiger partial charge is 0.344 e. The maximum absolute atomic E-state index is 12.3. The quantitative estimate of drug-likeness (QED) is 0.497. The molecular weight excluding hydrogens is 303 g/mol. The molecule has 1 amide bonds. The van der Waals surface area contributed by atoms with Gasteiger partial charge in [0.2, 0.25) is 0 Å². The van der Waals surface area contributed by atoms with Crippen LogP contribution in [0.2, 0.25) is 0 Å². The van der Waals surface area contributed by atoms with Crippen molar-refractivity contribution in [1.82, 2.24) is 5.32 Å². The molecule has 0 aliphatic rings. The van der Waals surface area contributed by atoms with Crippen LogP contribution in [0.15, 0.2) is 18.2 Å². The first-order chi connectivity index (χ1) is 9.39. The molecule has 0 aliphatic heterocycles. The van der Waals surface area contributed by atoms with Crippen LogP contribution in [0.3, 0.4) is 0 Å². The fraction of sp³-hybridized carbons (Fsp3) is 0.462. The van der Waals surface area contributed by atoms with E-state index in [1.165, 1.54) is 12.1 Å². The smallest absolute Gasteiger partial charge is 0.270 e. The summed E-state index contributed by atoms with van der Waals surface area (Å²) >= 11 is 11.7. The van der Waals surface area contributed by atoms with Crippen LogP contribution < -0.4 is 5.32 Å². The predicted molar refractivity (Wildman–Crippen MR) is 79.8 cm³/mol. The van der Waals surface area contributed by atoms with Gasteiger partial charge in [-0.05, 0) is 18.9 Å². The summed E-state index contributed by atoms with van der Waals surface area (Å²) in [4.78, 5) is 22.5. The van der Waals surface area contributed by atoms with Crippen LogP contribution >= 0.6 is 23.2 Å². The van der Waals surface area contributed by atoms with Gasteiger partial charge in [-0.25, -0.2) is 0 Å². The van der Waals surface area contributed by atoms with Crippen molar-refractivity contribution in [1.29, 1.82) is 0 Å². The SMILES string of the molecule is CCC(CCl)(CCl)NC(=O)c1cc([N+](=O)[O-])ccc1C. The van der Waals surface area contributed by atoms with E-state index in [1.807, 2.05) is 6.92 Å². The number of carbonyl (C=O) groups is 1. The second kappa shape index (κ2) is 6.90. The lowest BCUT2D eigenvalue weighted by Gasteiger charge is -2.29. The summed E-state index contributed by atoms with van der Waals surface area (Å²) in [6, 6.07) is 4.16. The molecule has 0 unspecified atom stereocenters. The van der Waals surface area contributed by atoms with Crippen LogP contribution in [0.4, 0.5) is 5.69 Å². The molecule has 0 spiro atoms. The minimum atomic E-state index is -0.711. The molecule has 20 heavy (non-hydrogen) atoms. The zero-order valence-corrected chi connectivity index (χ0v) is 12.8. The van der Waals surface area contributed by atoms with Gasteiger partial charge in [-0.3, -0.25) is 14.9 Å². The standard InChI is InChI=1S/C13H16Cl2N2O3/c1-3-13(7-14,8-15)16-12(18)11-6-10(17(19)20)5-4-9(11)2/h4-6H,3,7-8H2,1-2H3,(H,16,18). The normalized spacial score (nSPS) is 11.2. The summed E-state index contributed by atoms with van der Waals surface area (Å²) in [5.74, 6) is -0.0614. The zero-order chi connectivity index (χ0) is 15.3. The molecule has 0 atom stereocenters. The van der Waals surface area contributed by atoms with Crippen molar-refractivity contribution in [3.8, 4) is 0 Å². The predicted octanol–water partition coefficient (Wildman–Crippen LogP) is 3.26. The van der Waals surface area contributed by atoms with Gasteiger partial charge in [0.05, 0.1) is 10.5 Å². The summed E-state index contributed by atoms with van der Waals surface area (Å²) < 4.78 is 0. The van der Waals surface area contributed by atoms with Gasteiger partial charge < -0.3 is 5.32 Å². The van der Waals surface area contributed by atoms with Gasteiger partial charge in [-0.2, -0.15) is 0 Å². The highest BCUT2D eigenvalue weighted by molar-refractivity contribution is 6.22. The average Bonchev–Trinajstić information content (AvgIpc) is 2.45. The van der Waals surface area contributed by atoms with Crippen LogP contribution in [0, 0.1) is 17.0 Å². The summed E-state index contributed by atoms with van der Waals surface area (Å²) in [5, 5.41) is 13.5. The number of non-ortho nitro benzene ring substituents is 1. The number of aryl methyl sites for hydroxylation is 1. The third-order valence-electron chi connectivity index (χ3n) is 3.24. The monoisotopic (exact) mass is 318 g/mol. The van der Waals surface area contributed by atoms with E-state index in [-0.39, 0.29) is 23.0 Å². The Morgan fingerprint density at radius 1 is 1.40 bits per heavy atom. The molecule has 0 aromatic heterocycles. The molecule has 0 radical (unpaired) electrons. The maximum atomic E-state index is 12.3. The fourth-order valence-corrected chi connectivity index (χ4v) is 2.45. The summed E-state index contributed by atoms with van der Waals surface area (Å²) in [7, 11) is 0. The molecule has 1 aromatic carbocycles. The minimum absolute atomic E-state index is 0.125. The Balaban J connectivity index is 3.08. The zero-order valence-electron chi connectivity index (χ0n) is 11.3. The van der Waals surface area contributed by atoms with E-state index < -0.39 is 16.4 Å². The van der Waals surface area contributed by atoms with Crippen LogP contribution in [-0.2, 0) is 0 Å². The van der Waals surface area contributed by atoms with Crippen molar-refractivity contribution in [3.63, 3.8) is 0 Å². The molecule has 1 aromatic rings. The molecule has 0 heterocycles. The third-order valence-corrected chi connectivity index (χ3v) is 4.27. The summed E-state index contributed by atoms with van der Waals surface area (Å²) in [6.45, 7) is 3.58. The van der Waals surface area contributed by atoms with Crippen molar-refractivity contribution in [2.75, 3.05) is 11.8 Å². The van der Waals surface area contributed by atoms with Gasteiger partial charge in [-0.15, -0.1) is 23.2 Å². The Kier molecular flexibility index (Phi) is 5.77. The fourth-order valence-electron chi connectivity index (χ4n) is 1.66. The van der Waals surface area contributed by atoms with Crippen LogP contribution in [0.25, 0.3) is 0 Å². The lowest BCUT2D eigenvalue weighted by atomic mass is 9.99.